The molecule has 2 amide bonds. The van der Waals surface area contributed by atoms with E-state index in [2.05, 4.69) is 10.6 Å². The van der Waals surface area contributed by atoms with E-state index in [1.54, 1.807) is 24.3 Å². The van der Waals surface area contributed by atoms with Crippen LogP contribution in [0.3, 0.4) is 0 Å². The lowest BCUT2D eigenvalue weighted by Crippen LogP contribution is -2.28. The van der Waals surface area contributed by atoms with E-state index < -0.39 is 11.5 Å². The van der Waals surface area contributed by atoms with Crippen molar-refractivity contribution in [1.29, 1.82) is 0 Å². The van der Waals surface area contributed by atoms with E-state index in [0.29, 0.717) is 16.3 Å². The number of anilines is 1. The second kappa shape index (κ2) is 7.61. The highest BCUT2D eigenvalue weighted by molar-refractivity contribution is 8.00. The van der Waals surface area contributed by atoms with E-state index >= 15 is 0 Å². The molecule has 0 aliphatic heterocycles. The molecular formula is C15H12ClF3N2OS. The van der Waals surface area contributed by atoms with E-state index in [4.69, 9.17) is 11.6 Å². The third-order valence-electron chi connectivity index (χ3n) is 2.71. The Bertz CT molecular complexity index is 660. The lowest BCUT2D eigenvalue weighted by Gasteiger charge is -2.09. The minimum Gasteiger partial charge on any atom is -0.334 e. The van der Waals surface area contributed by atoms with Gasteiger partial charge in [0, 0.05) is 22.2 Å². The van der Waals surface area contributed by atoms with Gasteiger partial charge >= 0.3 is 11.5 Å². The van der Waals surface area contributed by atoms with Gasteiger partial charge in [0.1, 0.15) is 0 Å². The highest BCUT2D eigenvalue weighted by atomic mass is 35.5. The summed E-state index contributed by atoms with van der Waals surface area (Å²) >= 11 is 5.57. The number of thioether (sulfide) groups is 1. The first-order valence-electron chi connectivity index (χ1n) is 6.47. The molecule has 0 unspecified atom stereocenters. The maximum Gasteiger partial charge on any atom is 0.446 e. The fraction of sp³-hybridized carbons (Fsp3) is 0.133. The molecule has 0 heterocycles. The largest absolute Gasteiger partial charge is 0.446 e. The van der Waals surface area contributed by atoms with Crippen molar-refractivity contribution >= 4 is 35.1 Å². The topological polar surface area (TPSA) is 41.1 Å². The Morgan fingerprint density at radius 3 is 2.22 bits per heavy atom. The zero-order chi connectivity index (χ0) is 16.9. The zero-order valence-corrected chi connectivity index (χ0v) is 13.2. The van der Waals surface area contributed by atoms with Crippen LogP contribution < -0.4 is 10.6 Å². The summed E-state index contributed by atoms with van der Waals surface area (Å²) in [6.45, 7) is 0.205. The predicted molar refractivity (Wildman–Crippen MR) is 85.7 cm³/mol. The molecule has 0 saturated carbocycles. The van der Waals surface area contributed by atoms with Gasteiger partial charge in [0.2, 0.25) is 0 Å². The predicted octanol–water partition coefficient (Wildman–Crippen LogP) is 5.27. The molecule has 0 bridgehead atoms. The molecule has 0 saturated heterocycles. The lowest BCUT2D eigenvalue weighted by atomic mass is 10.2. The Morgan fingerprint density at radius 1 is 1.04 bits per heavy atom. The van der Waals surface area contributed by atoms with Gasteiger partial charge in [0.25, 0.3) is 0 Å². The van der Waals surface area contributed by atoms with Crippen LogP contribution in [0.4, 0.5) is 23.7 Å². The van der Waals surface area contributed by atoms with Crippen LogP contribution in [0.5, 0.6) is 0 Å². The maximum absolute atomic E-state index is 12.2. The highest BCUT2D eigenvalue weighted by Gasteiger charge is 2.28. The number of hydrogen-bond acceptors (Lipinski definition) is 2. The zero-order valence-electron chi connectivity index (χ0n) is 11.7. The summed E-state index contributed by atoms with van der Waals surface area (Å²) in [6.07, 6.45) is 0. The molecule has 2 N–H and O–H groups in total. The first-order valence-corrected chi connectivity index (χ1v) is 7.66. The number of alkyl halides is 3. The standard InChI is InChI=1S/C15H12ClF3N2OS/c16-11-3-5-12(6-4-11)21-14(22)20-9-10-1-7-13(8-2-10)23-15(17,18)19/h1-8H,9H2,(H2,20,21,22). The summed E-state index contributed by atoms with van der Waals surface area (Å²) in [5.41, 5.74) is -3.02. The number of hydrogen-bond donors (Lipinski definition) is 2. The van der Waals surface area contributed by atoms with Gasteiger partial charge in [-0.1, -0.05) is 23.7 Å². The van der Waals surface area contributed by atoms with Gasteiger partial charge in [-0.3, -0.25) is 0 Å². The number of amides is 2. The minimum absolute atomic E-state index is 0.104. The van der Waals surface area contributed by atoms with Crippen molar-refractivity contribution in [3.05, 3.63) is 59.1 Å². The van der Waals surface area contributed by atoms with Crippen LogP contribution in [0.2, 0.25) is 5.02 Å². The fourth-order valence-electron chi connectivity index (χ4n) is 1.70. The highest BCUT2D eigenvalue weighted by Crippen LogP contribution is 2.36. The number of benzene rings is 2. The number of halogens is 4. The van der Waals surface area contributed by atoms with E-state index in [1.807, 2.05) is 0 Å². The van der Waals surface area contributed by atoms with Gasteiger partial charge in [0.15, 0.2) is 0 Å². The van der Waals surface area contributed by atoms with Gasteiger partial charge in [-0.2, -0.15) is 13.2 Å². The molecule has 0 fully saturated rings. The monoisotopic (exact) mass is 360 g/mol. The second-order valence-corrected chi connectivity index (χ2v) is 6.08. The Kier molecular flexibility index (Phi) is 5.79. The van der Waals surface area contributed by atoms with E-state index in [0.717, 1.165) is 0 Å². The second-order valence-electron chi connectivity index (χ2n) is 4.51. The summed E-state index contributed by atoms with van der Waals surface area (Å²) in [5, 5.41) is 5.80. The van der Waals surface area contributed by atoms with Gasteiger partial charge in [-0.05, 0) is 53.7 Å². The minimum atomic E-state index is -4.31. The molecule has 0 aliphatic carbocycles. The summed E-state index contributed by atoms with van der Waals surface area (Å²) < 4.78 is 36.7. The smallest absolute Gasteiger partial charge is 0.334 e. The molecular weight excluding hydrogens is 349 g/mol. The molecule has 8 heteroatoms. The third-order valence-corrected chi connectivity index (χ3v) is 3.70. The van der Waals surface area contributed by atoms with Gasteiger partial charge < -0.3 is 10.6 Å². The van der Waals surface area contributed by atoms with Crippen molar-refractivity contribution in [2.45, 2.75) is 16.9 Å². The van der Waals surface area contributed by atoms with Crippen molar-refractivity contribution in [2.24, 2.45) is 0 Å². The van der Waals surface area contributed by atoms with Gasteiger partial charge in [0.05, 0.1) is 0 Å². The number of carbonyl (C=O) groups excluding carboxylic acids is 1. The van der Waals surface area contributed by atoms with E-state index in [-0.39, 0.29) is 23.2 Å². The normalized spacial score (nSPS) is 11.1. The van der Waals surface area contributed by atoms with Crippen LogP contribution in [0.25, 0.3) is 0 Å². The van der Waals surface area contributed by atoms with Crippen LogP contribution in [0.15, 0.2) is 53.4 Å². The molecule has 122 valence electrons. The molecule has 0 radical (unpaired) electrons. The van der Waals surface area contributed by atoms with Crippen molar-refractivity contribution in [3.63, 3.8) is 0 Å². The van der Waals surface area contributed by atoms with Crippen molar-refractivity contribution in [2.75, 3.05) is 5.32 Å². The number of urea groups is 1. The number of rotatable bonds is 4. The SMILES string of the molecule is O=C(NCc1ccc(SC(F)(F)F)cc1)Nc1ccc(Cl)cc1. The molecule has 2 aromatic carbocycles. The molecule has 0 atom stereocenters. The van der Waals surface area contributed by atoms with E-state index in [1.165, 1.54) is 24.3 Å². The van der Waals surface area contributed by atoms with Crippen LogP contribution in [-0.2, 0) is 6.54 Å². The van der Waals surface area contributed by atoms with Gasteiger partial charge in [-0.25, -0.2) is 4.79 Å². The molecule has 23 heavy (non-hydrogen) atoms. The fourth-order valence-corrected chi connectivity index (χ4v) is 2.37. The van der Waals surface area contributed by atoms with Crippen LogP contribution >= 0.6 is 23.4 Å². The molecule has 0 spiro atoms. The van der Waals surface area contributed by atoms with Crippen LogP contribution in [-0.4, -0.2) is 11.5 Å². The van der Waals surface area contributed by atoms with Crippen molar-refractivity contribution < 1.29 is 18.0 Å². The van der Waals surface area contributed by atoms with E-state index in [9.17, 15) is 18.0 Å². The van der Waals surface area contributed by atoms with Crippen LogP contribution in [0.1, 0.15) is 5.56 Å². The molecule has 2 aromatic rings. The van der Waals surface area contributed by atoms with Crippen molar-refractivity contribution in [3.8, 4) is 0 Å². The Balaban J connectivity index is 1.83. The Labute approximate surface area is 140 Å². The Morgan fingerprint density at radius 2 is 1.65 bits per heavy atom. The number of nitrogens with one attached hydrogen (secondary N) is 2. The molecule has 3 nitrogen and oxygen atoms in total. The summed E-state index contributed by atoms with van der Waals surface area (Å²) in [6, 6.07) is 12.0. The van der Waals surface area contributed by atoms with Gasteiger partial charge in [-0.15, -0.1) is 0 Å². The molecule has 0 aliphatic rings. The summed E-state index contributed by atoms with van der Waals surface area (Å²) in [5.74, 6) is 0. The quantitative estimate of drug-likeness (QED) is 0.729. The first-order chi connectivity index (χ1) is 10.8. The average molecular weight is 361 g/mol. The van der Waals surface area contributed by atoms with Crippen LogP contribution in [0, 0.1) is 0 Å². The summed E-state index contributed by atoms with van der Waals surface area (Å²) in [4.78, 5) is 11.8. The summed E-state index contributed by atoms with van der Waals surface area (Å²) in [7, 11) is 0. The number of carbonyl (C=O) groups is 1. The molecule has 2 rings (SSSR count). The third kappa shape index (κ3) is 6.42. The van der Waals surface area contributed by atoms with Crippen molar-refractivity contribution in [1.82, 2.24) is 5.32 Å². The maximum atomic E-state index is 12.2. The first kappa shape index (κ1) is 17.5. The Hall–Kier alpha value is -1.86. The lowest BCUT2D eigenvalue weighted by molar-refractivity contribution is -0.0328. The average Bonchev–Trinajstić information content (AvgIpc) is 2.47. The molecule has 0 aromatic heterocycles.